The first-order valence-corrected chi connectivity index (χ1v) is 8.56. The molecule has 0 atom stereocenters. The van der Waals surface area contributed by atoms with Crippen molar-refractivity contribution in [2.75, 3.05) is 12.8 Å². The number of ether oxygens (including phenoxy) is 1. The number of pyridine rings is 1. The lowest BCUT2D eigenvalue weighted by Gasteiger charge is -2.07. The number of fused-ring (bicyclic) bond motifs is 2. The fourth-order valence-corrected chi connectivity index (χ4v) is 3.48. The van der Waals surface area contributed by atoms with Crippen LogP contribution in [0, 0.1) is 0 Å². The minimum atomic E-state index is 0.123. The summed E-state index contributed by atoms with van der Waals surface area (Å²) < 4.78 is 7.80. The van der Waals surface area contributed by atoms with E-state index in [1.807, 2.05) is 48.7 Å². The number of nitrogen functional groups attached to an aromatic ring is 1. The predicted octanol–water partition coefficient (Wildman–Crippen LogP) is 4.30. The van der Waals surface area contributed by atoms with Gasteiger partial charge in [0.25, 0.3) is 0 Å². The average Bonchev–Trinajstić information content (AvgIpc) is 2.93. The molecule has 2 aromatic carbocycles. The first kappa shape index (κ1) is 15.8. The molecule has 0 bridgehead atoms. The predicted molar refractivity (Wildman–Crippen MR) is 103 cm³/mol. The van der Waals surface area contributed by atoms with Crippen LogP contribution in [0.25, 0.3) is 21.8 Å². The van der Waals surface area contributed by atoms with Gasteiger partial charge in [-0.2, -0.15) is 0 Å². The van der Waals surface area contributed by atoms with Crippen molar-refractivity contribution in [3.63, 3.8) is 0 Å². The smallest absolute Gasteiger partial charge is 0.203 e. The molecule has 0 amide bonds. The molecule has 6 heteroatoms. The van der Waals surface area contributed by atoms with Gasteiger partial charge in [-0.3, -0.25) is 0 Å². The van der Waals surface area contributed by atoms with Crippen LogP contribution in [0.15, 0.2) is 53.1 Å². The lowest BCUT2D eigenvalue weighted by atomic mass is 10.1. The van der Waals surface area contributed by atoms with E-state index in [1.54, 1.807) is 11.7 Å². The Morgan fingerprint density at radius 3 is 2.68 bits per heavy atom. The second-order valence-electron chi connectivity index (χ2n) is 5.85. The van der Waals surface area contributed by atoms with Gasteiger partial charge in [0.2, 0.25) is 5.88 Å². The first-order chi connectivity index (χ1) is 12.1. The number of benzene rings is 2. The molecule has 126 valence electrons. The number of nitrogens with zero attached hydrogens (tertiary/aromatic N) is 2. The molecule has 0 radical (unpaired) electrons. The highest BCUT2D eigenvalue weighted by Gasteiger charge is 2.16. The zero-order valence-electron chi connectivity index (χ0n) is 13.5. The average molecular weight is 398 g/mol. The molecule has 0 unspecified atom stereocenters. The first-order valence-electron chi connectivity index (χ1n) is 7.77. The SMILES string of the molecule is COc1ccc(Cn2cc3nc4c(Br)cccc4c(N)c3c2O)cc1. The molecule has 0 aliphatic heterocycles. The van der Waals surface area contributed by atoms with Crippen molar-refractivity contribution >= 4 is 43.4 Å². The number of anilines is 1. The van der Waals surface area contributed by atoms with E-state index in [9.17, 15) is 5.11 Å². The zero-order chi connectivity index (χ0) is 17.6. The molecule has 0 spiro atoms. The van der Waals surface area contributed by atoms with E-state index >= 15 is 0 Å². The second-order valence-corrected chi connectivity index (χ2v) is 6.70. The van der Waals surface area contributed by atoms with Crippen molar-refractivity contribution < 1.29 is 9.84 Å². The number of rotatable bonds is 3. The van der Waals surface area contributed by atoms with E-state index in [2.05, 4.69) is 20.9 Å². The maximum Gasteiger partial charge on any atom is 0.203 e. The molecule has 4 rings (SSSR count). The summed E-state index contributed by atoms with van der Waals surface area (Å²) in [5, 5.41) is 12.1. The Kier molecular flexibility index (Phi) is 3.77. The highest BCUT2D eigenvalue weighted by Crippen LogP contribution is 2.37. The summed E-state index contributed by atoms with van der Waals surface area (Å²) in [5.41, 5.74) is 9.35. The van der Waals surface area contributed by atoms with Gasteiger partial charge in [-0.1, -0.05) is 24.3 Å². The van der Waals surface area contributed by atoms with Crippen molar-refractivity contribution in [3.8, 4) is 11.6 Å². The number of aromatic hydroxyl groups is 1. The fourth-order valence-electron chi connectivity index (χ4n) is 3.02. The molecule has 5 nitrogen and oxygen atoms in total. The molecule has 4 aromatic rings. The van der Waals surface area contributed by atoms with Crippen molar-refractivity contribution in [2.24, 2.45) is 0 Å². The van der Waals surface area contributed by atoms with Crippen LogP contribution in [0.4, 0.5) is 5.69 Å². The number of methoxy groups -OCH3 is 1. The lowest BCUT2D eigenvalue weighted by molar-refractivity contribution is 0.414. The molecule has 0 aliphatic carbocycles. The number of hydrogen-bond acceptors (Lipinski definition) is 4. The van der Waals surface area contributed by atoms with Gasteiger partial charge in [0, 0.05) is 16.1 Å². The molecule has 25 heavy (non-hydrogen) atoms. The Bertz CT molecular complexity index is 1090. The van der Waals surface area contributed by atoms with Crippen molar-refractivity contribution in [2.45, 2.75) is 6.54 Å². The zero-order valence-corrected chi connectivity index (χ0v) is 15.1. The molecular weight excluding hydrogens is 382 g/mol. The quantitative estimate of drug-likeness (QED) is 0.540. The van der Waals surface area contributed by atoms with Gasteiger partial charge in [0.15, 0.2) is 0 Å². The third kappa shape index (κ3) is 2.59. The summed E-state index contributed by atoms with van der Waals surface area (Å²) in [4.78, 5) is 4.66. The minimum absolute atomic E-state index is 0.123. The van der Waals surface area contributed by atoms with E-state index in [4.69, 9.17) is 10.5 Å². The highest BCUT2D eigenvalue weighted by molar-refractivity contribution is 9.10. The maximum absolute atomic E-state index is 10.7. The Hall–Kier alpha value is -2.73. The number of nitrogens with two attached hydrogens (primary N) is 1. The van der Waals surface area contributed by atoms with Crippen LogP contribution in [0.1, 0.15) is 5.56 Å². The van der Waals surface area contributed by atoms with Crippen LogP contribution in [0.5, 0.6) is 11.6 Å². The maximum atomic E-state index is 10.7. The van der Waals surface area contributed by atoms with Crippen LogP contribution in [-0.4, -0.2) is 21.8 Å². The molecule has 0 saturated carbocycles. The van der Waals surface area contributed by atoms with Gasteiger partial charge < -0.3 is 20.1 Å². The normalized spacial score (nSPS) is 11.3. The number of halogens is 1. The number of aromatic nitrogens is 2. The van der Waals surface area contributed by atoms with Gasteiger partial charge in [0.05, 0.1) is 35.8 Å². The molecule has 0 fully saturated rings. The van der Waals surface area contributed by atoms with Gasteiger partial charge in [-0.15, -0.1) is 0 Å². The van der Waals surface area contributed by atoms with Gasteiger partial charge in [-0.25, -0.2) is 4.98 Å². The molecule has 2 aromatic heterocycles. The lowest BCUT2D eigenvalue weighted by Crippen LogP contribution is -1.97. The Morgan fingerprint density at radius 1 is 1.20 bits per heavy atom. The molecule has 3 N–H and O–H groups in total. The summed E-state index contributed by atoms with van der Waals surface area (Å²) in [6.07, 6.45) is 1.82. The van der Waals surface area contributed by atoms with E-state index in [-0.39, 0.29) is 5.88 Å². The summed E-state index contributed by atoms with van der Waals surface area (Å²) in [6.45, 7) is 0.517. The standard InChI is InChI=1S/C19H16BrN3O2/c1-25-12-7-5-11(6-8-12)9-23-10-15-16(19(23)24)17(21)13-3-2-4-14(20)18(13)22-15/h2-8,10,24H,9,21H2,1H3. The highest BCUT2D eigenvalue weighted by atomic mass is 79.9. The summed E-state index contributed by atoms with van der Waals surface area (Å²) >= 11 is 3.51. The fraction of sp³-hybridized carbons (Fsp3) is 0.105. The van der Waals surface area contributed by atoms with E-state index in [0.717, 1.165) is 26.7 Å². The molecule has 0 saturated heterocycles. The Labute approximate surface area is 152 Å². The van der Waals surface area contributed by atoms with Crippen molar-refractivity contribution in [1.29, 1.82) is 0 Å². The van der Waals surface area contributed by atoms with E-state index < -0.39 is 0 Å². The van der Waals surface area contributed by atoms with E-state index in [1.165, 1.54) is 0 Å². The van der Waals surface area contributed by atoms with Crippen LogP contribution in [0.3, 0.4) is 0 Å². The van der Waals surface area contributed by atoms with E-state index in [0.29, 0.717) is 23.1 Å². The minimum Gasteiger partial charge on any atom is -0.497 e. The van der Waals surface area contributed by atoms with Crippen LogP contribution in [-0.2, 0) is 6.54 Å². The topological polar surface area (TPSA) is 73.3 Å². The third-order valence-electron chi connectivity index (χ3n) is 4.32. The van der Waals surface area contributed by atoms with Crippen molar-refractivity contribution in [1.82, 2.24) is 9.55 Å². The molecule has 0 aliphatic rings. The Balaban J connectivity index is 1.85. The monoisotopic (exact) mass is 397 g/mol. The summed E-state index contributed by atoms with van der Waals surface area (Å²) in [7, 11) is 1.64. The van der Waals surface area contributed by atoms with Crippen LogP contribution < -0.4 is 10.5 Å². The van der Waals surface area contributed by atoms with Crippen molar-refractivity contribution in [3.05, 3.63) is 58.7 Å². The summed E-state index contributed by atoms with van der Waals surface area (Å²) in [6, 6.07) is 13.5. The van der Waals surface area contributed by atoms with Gasteiger partial charge >= 0.3 is 0 Å². The number of hydrogen-bond donors (Lipinski definition) is 2. The number of para-hydroxylation sites is 1. The third-order valence-corrected chi connectivity index (χ3v) is 4.96. The molecular formula is C19H16BrN3O2. The van der Waals surface area contributed by atoms with Crippen LogP contribution in [0.2, 0.25) is 0 Å². The summed E-state index contributed by atoms with van der Waals surface area (Å²) in [5.74, 6) is 0.922. The second kappa shape index (κ2) is 5.97. The van der Waals surface area contributed by atoms with Crippen LogP contribution >= 0.6 is 15.9 Å². The largest absolute Gasteiger partial charge is 0.497 e. The van der Waals surface area contributed by atoms with Gasteiger partial charge in [-0.05, 0) is 39.7 Å². The Morgan fingerprint density at radius 2 is 1.96 bits per heavy atom. The van der Waals surface area contributed by atoms with Gasteiger partial charge in [0.1, 0.15) is 5.75 Å². The molecule has 2 heterocycles.